The van der Waals surface area contributed by atoms with Crippen LogP contribution in [0, 0.1) is 0 Å². The molecule has 68 valence electrons. The molecular formula is C7H12Cl2NPZr. The van der Waals surface area contributed by atoms with E-state index in [0.29, 0.717) is 0 Å². The molecule has 1 aliphatic heterocycles. The third-order valence-corrected chi connectivity index (χ3v) is 3.22. The molecule has 0 saturated carbocycles. The zero-order chi connectivity index (χ0) is 6.10. The third kappa shape index (κ3) is 3.50. The second-order valence-electron chi connectivity index (χ2n) is 2.40. The summed E-state index contributed by atoms with van der Waals surface area (Å²) in [6, 6.07) is 0. The van der Waals surface area contributed by atoms with E-state index >= 15 is 0 Å². The number of allylic oxidation sites excluding steroid dienone is 4. The second kappa shape index (κ2) is 7.57. The maximum Gasteiger partial charge on any atom is 0.0322 e. The van der Waals surface area contributed by atoms with E-state index in [1.54, 1.807) is 0 Å². The number of nitrogens with one attached hydrogen (secondary N) is 1. The molecule has 0 aromatic heterocycles. The van der Waals surface area contributed by atoms with Gasteiger partial charge in [-0.25, -0.2) is 0 Å². The van der Waals surface area contributed by atoms with E-state index in [1.807, 2.05) is 0 Å². The fraction of sp³-hybridized carbons (Fsp3) is 0.429. The van der Waals surface area contributed by atoms with Gasteiger partial charge in [-0.3, -0.25) is 0 Å². The molecule has 5 heteroatoms. The molecule has 1 nitrogen and oxygen atoms in total. The van der Waals surface area contributed by atoms with Crippen LogP contribution in [0.5, 0.6) is 0 Å². The van der Waals surface area contributed by atoms with E-state index in [4.69, 9.17) is 0 Å². The topological polar surface area (TPSA) is 12.0 Å². The number of hydrogen-bond acceptors (Lipinski definition) is 1. The number of fused-ring (bicyclic) bond motifs is 1. The zero-order valence-electron chi connectivity index (χ0n) is 6.54. The van der Waals surface area contributed by atoms with Crippen molar-refractivity contribution in [2.75, 3.05) is 6.29 Å². The summed E-state index contributed by atoms with van der Waals surface area (Å²) in [5, 5.41) is 3.38. The molecule has 1 aliphatic carbocycles. The van der Waals surface area contributed by atoms with Crippen molar-refractivity contribution in [1.82, 2.24) is 5.32 Å². The molecule has 0 aromatic rings. The Morgan fingerprint density at radius 2 is 2.17 bits per heavy atom. The Bertz CT molecular complexity index is 184. The molecule has 1 heterocycles. The summed E-state index contributed by atoms with van der Waals surface area (Å²) >= 11 is 0. The fourth-order valence-corrected chi connectivity index (χ4v) is 2.55. The fourth-order valence-electron chi connectivity index (χ4n) is 1.28. The monoisotopic (exact) mass is 301 g/mol. The van der Waals surface area contributed by atoms with Gasteiger partial charge in [0.2, 0.25) is 0 Å². The minimum Gasteiger partial charge on any atom is -0.384 e. The molecule has 2 atom stereocenters. The average Bonchev–Trinajstić information content (AvgIpc) is 2.33. The summed E-state index contributed by atoms with van der Waals surface area (Å²) in [7, 11) is 1.11. The molecule has 2 rings (SSSR count). The van der Waals surface area contributed by atoms with Crippen molar-refractivity contribution >= 4 is 33.4 Å². The maximum absolute atomic E-state index is 3.38. The van der Waals surface area contributed by atoms with Crippen LogP contribution >= 0.6 is 33.4 Å². The van der Waals surface area contributed by atoms with Crippen molar-refractivity contribution in [2.24, 2.45) is 0 Å². The predicted octanol–water partition coefficient (Wildman–Crippen LogP) is 2.28. The van der Waals surface area contributed by atoms with Crippen molar-refractivity contribution in [3.63, 3.8) is 0 Å². The van der Waals surface area contributed by atoms with Crippen molar-refractivity contribution in [2.45, 2.75) is 12.1 Å². The van der Waals surface area contributed by atoms with Crippen LogP contribution < -0.4 is 5.32 Å². The first-order valence-corrected chi connectivity index (χ1v) is 4.59. The van der Waals surface area contributed by atoms with E-state index in [0.717, 1.165) is 14.2 Å². The van der Waals surface area contributed by atoms with Crippen molar-refractivity contribution in [3.8, 4) is 0 Å². The van der Waals surface area contributed by atoms with Crippen LogP contribution in [-0.4, -0.2) is 11.9 Å². The van der Waals surface area contributed by atoms with E-state index in [1.165, 1.54) is 18.4 Å². The Morgan fingerprint density at radius 1 is 1.42 bits per heavy atom. The normalized spacial score (nSPS) is 25.3. The number of rotatable bonds is 0. The van der Waals surface area contributed by atoms with Gasteiger partial charge in [0.05, 0.1) is 0 Å². The molecule has 0 aromatic carbocycles. The SMILES string of the molecule is C1=CCC2PCNC2=C1.Cl.Cl.[Zr]. The van der Waals surface area contributed by atoms with Crippen molar-refractivity contribution in [3.05, 3.63) is 23.9 Å². The molecule has 2 unspecified atom stereocenters. The molecule has 1 N–H and O–H groups in total. The molecule has 1 saturated heterocycles. The largest absolute Gasteiger partial charge is 0.384 e. The first-order chi connectivity index (χ1) is 4.47. The molecule has 2 aliphatic rings. The van der Waals surface area contributed by atoms with Crippen LogP contribution in [0.2, 0.25) is 0 Å². The Labute approximate surface area is 107 Å². The summed E-state index contributed by atoms with van der Waals surface area (Å²) in [6.07, 6.45) is 9.08. The molecule has 12 heavy (non-hydrogen) atoms. The van der Waals surface area contributed by atoms with Gasteiger partial charge in [0, 0.05) is 43.8 Å². The first-order valence-electron chi connectivity index (χ1n) is 3.31. The molecule has 0 bridgehead atoms. The van der Waals surface area contributed by atoms with Gasteiger partial charge in [0.15, 0.2) is 0 Å². The van der Waals surface area contributed by atoms with Gasteiger partial charge in [0.25, 0.3) is 0 Å². The van der Waals surface area contributed by atoms with E-state index < -0.39 is 0 Å². The third-order valence-electron chi connectivity index (χ3n) is 1.80. The Hall–Kier alpha value is 1.17. The van der Waals surface area contributed by atoms with Crippen molar-refractivity contribution < 1.29 is 26.2 Å². The zero-order valence-corrected chi connectivity index (χ0v) is 11.6. The maximum atomic E-state index is 3.38. The van der Waals surface area contributed by atoms with Gasteiger partial charge in [-0.2, -0.15) is 0 Å². The van der Waals surface area contributed by atoms with Gasteiger partial charge in [0.1, 0.15) is 0 Å². The number of halogens is 2. The van der Waals surface area contributed by atoms with Crippen LogP contribution in [-0.2, 0) is 26.2 Å². The summed E-state index contributed by atoms with van der Waals surface area (Å²) in [5.74, 6) is 0. The van der Waals surface area contributed by atoms with Gasteiger partial charge in [-0.05, 0) is 12.5 Å². The van der Waals surface area contributed by atoms with Crippen LogP contribution in [0.3, 0.4) is 0 Å². The Kier molecular flexibility index (Phi) is 9.86. The molecular weight excluding hydrogens is 291 g/mol. The Morgan fingerprint density at radius 3 is 2.83 bits per heavy atom. The average molecular weight is 303 g/mol. The second-order valence-corrected chi connectivity index (χ2v) is 3.85. The Balaban J connectivity index is 0. The molecule has 0 radical (unpaired) electrons. The van der Waals surface area contributed by atoms with Crippen LogP contribution in [0.1, 0.15) is 6.42 Å². The van der Waals surface area contributed by atoms with Gasteiger partial charge < -0.3 is 5.32 Å². The van der Waals surface area contributed by atoms with Crippen molar-refractivity contribution in [1.29, 1.82) is 0 Å². The summed E-state index contributed by atoms with van der Waals surface area (Å²) in [6.45, 7) is 0. The van der Waals surface area contributed by atoms with Crippen LogP contribution in [0.25, 0.3) is 0 Å². The number of hydrogen-bond donors (Lipinski definition) is 1. The standard InChI is InChI=1S/C7H10NP.2ClH.Zr/c1-2-4-7-6(3-1)8-5-9-7;;;/h1-3,7-9H,4-5H2;2*1H;. The smallest absolute Gasteiger partial charge is 0.0322 e. The van der Waals surface area contributed by atoms with E-state index in [-0.39, 0.29) is 51.0 Å². The molecule has 1 fully saturated rings. The van der Waals surface area contributed by atoms with E-state index in [9.17, 15) is 0 Å². The molecule has 0 amide bonds. The van der Waals surface area contributed by atoms with Gasteiger partial charge in [-0.15, -0.1) is 24.8 Å². The minimum absolute atomic E-state index is 0. The summed E-state index contributed by atoms with van der Waals surface area (Å²) < 4.78 is 0. The van der Waals surface area contributed by atoms with Crippen LogP contribution in [0.4, 0.5) is 0 Å². The van der Waals surface area contributed by atoms with Crippen LogP contribution in [0.15, 0.2) is 23.9 Å². The summed E-state index contributed by atoms with van der Waals surface area (Å²) in [5.41, 5.74) is 2.32. The van der Waals surface area contributed by atoms with Gasteiger partial charge in [-0.1, -0.05) is 20.7 Å². The van der Waals surface area contributed by atoms with E-state index in [2.05, 4.69) is 23.5 Å². The molecule has 0 spiro atoms. The predicted molar refractivity (Wildman–Crippen MR) is 56.4 cm³/mol. The van der Waals surface area contributed by atoms with Gasteiger partial charge >= 0.3 is 0 Å². The first kappa shape index (κ1) is 15.6. The minimum atomic E-state index is 0. The summed E-state index contributed by atoms with van der Waals surface area (Å²) in [4.78, 5) is 0. The quantitative estimate of drug-likeness (QED) is 0.677.